The fourth-order valence-corrected chi connectivity index (χ4v) is 2.76. The molecule has 0 fully saturated rings. The smallest absolute Gasteiger partial charge is 0.258 e. The van der Waals surface area contributed by atoms with Crippen molar-refractivity contribution in [3.8, 4) is 11.5 Å². The Balaban J connectivity index is 1.61. The molecule has 0 atom stereocenters. The van der Waals surface area contributed by atoms with Crippen LogP contribution in [0, 0.1) is 0 Å². The van der Waals surface area contributed by atoms with Gasteiger partial charge in [0.2, 0.25) is 0 Å². The predicted octanol–water partition coefficient (Wildman–Crippen LogP) is 4.64. The van der Waals surface area contributed by atoms with Gasteiger partial charge in [-0.2, -0.15) is 0 Å². The molecule has 3 rings (SSSR count). The molecule has 2 amide bonds. The maximum atomic E-state index is 11.7. The van der Waals surface area contributed by atoms with E-state index < -0.39 is 0 Å². The van der Waals surface area contributed by atoms with Crippen molar-refractivity contribution in [2.24, 2.45) is 0 Å². The summed E-state index contributed by atoms with van der Waals surface area (Å²) in [5.41, 5.74) is 1.85. The molecule has 0 radical (unpaired) electrons. The molecule has 0 saturated heterocycles. The number of unbranched alkanes of at least 4 members (excludes halogenated alkanes) is 2. The minimum absolute atomic E-state index is 0.322. The summed E-state index contributed by atoms with van der Waals surface area (Å²) in [7, 11) is 0. The number of ether oxygens (including phenoxy) is 1. The highest BCUT2D eigenvalue weighted by atomic mass is 16.5. The highest BCUT2D eigenvalue weighted by Crippen LogP contribution is 2.26. The van der Waals surface area contributed by atoms with E-state index in [9.17, 15) is 9.59 Å². The van der Waals surface area contributed by atoms with Gasteiger partial charge in [-0.1, -0.05) is 31.9 Å². The Morgan fingerprint density at radius 1 is 0.800 bits per heavy atom. The standard InChI is InChI=1S/C21H21NO3/c1-2-3-4-5-16-6-10-18(11-7-16)25-19-12-8-17(9-13-19)22-20(23)14-15-21(22)24/h6-15H,2-5H2,1H3. The van der Waals surface area contributed by atoms with Gasteiger partial charge in [0.1, 0.15) is 11.5 Å². The van der Waals surface area contributed by atoms with Crippen molar-refractivity contribution >= 4 is 17.5 Å². The zero-order chi connectivity index (χ0) is 17.6. The van der Waals surface area contributed by atoms with Crippen LogP contribution in [0.2, 0.25) is 0 Å². The van der Waals surface area contributed by atoms with Gasteiger partial charge in [-0.15, -0.1) is 0 Å². The average Bonchev–Trinajstić information content (AvgIpc) is 2.96. The normalized spacial score (nSPS) is 13.6. The fraction of sp³-hybridized carbons (Fsp3) is 0.238. The second kappa shape index (κ2) is 7.79. The van der Waals surface area contributed by atoms with Crippen molar-refractivity contribution in [2.45, 2.75) is 32.6 Å². The Labute approximate surface area is 147 Å². The Hall–Kier alpha value is -2.88. The summed E-state index contributed by atoms with van der Waals surface area (Å²) in [6.45, 7) is 2.20. The van der Waals surface area contributed by atoms with Crippen LogP contribution < -0.4 is 9.64 Å². The first-order valence-electron chi connectivity index (χ1n) is 8.60. The number of hydrogen-bond donors (Lipinski definition) is 0. The lowest BCUT2D eigenvalue weighted by molar-refractivity contribution is -0.119. The number of nitrogens with zero attached hydrogens (tertiary/aromatic N) is 1. The van der Waals surface area contributed by atoms with E-state index >= 15 is 0 Å². The molecular weight excluding hydrogens is 314 g/mol. The second-order valence-electron chi connectivity index (χ2n) is 6.04. The number of amides is 2. The molecule has 128 valence electrons. The van der Waals surface area contributed by atoms with Gasteiger partial charge >= 0.3 is 0 Å². The number of hydrogen-bond acceptors (Lipinski definition) is 3. The van der Waals surface area contributed by atoms with Crippen LogP contribution in [0.3, 0.4) is 0 Å². The molecule has 2 aromatic rings. The minimum Gasteiger partial charge on any atom is -0.457 e. The van der Waals surface area contributed by atoms with Crippen molar-refractivity contribution in [1.82, 2.24) is 0 Å². The zero-order valence-corrected chi connectivity index (χ0v) is 14.3. The van der Waals surface area contributed by atoms with Crippen molar-refractivity contribution in [3.05, 3.63) is 66.2 Å². The molecule has 4 heteroatoms. The molecular formula is C21H21NO3. The van der Waals surface area contributed by atoms with Gasteiger partial charge in [-0.3, -0.25) is 9.59 Å². The summed E-state index contributed by atoms with van der Waals surface area (Å²) in [5.74, 6) is 0.784. The van der Waals surface area contributed by atoms with Gasteiger partial charge in [0.05, 0.1) is 5.69 Å². The molecule has 1 aliphatic rings. The number of imide groups is 1. The third-order valence-electron chi connectivity index (χ3n) is 4.13. The predicted molar refractivity (Wildman–Crippen MR) is 97.8 cm³/mol. The monoisotopic (exact) mass is 335 g/mol. The summed E-state index contributed by atoms with van der Waals surface area (Å²) in [5, 5.41) is 0. The molecule has 0 bridgehead atoms. The van der Waals surface area contributed by atoms with Crippen molar-refractivity contribution in [3.63, 3.8) is 0 Å². The van der Waals surface area contributed by atoms with Gasteiger partial charge in [0.25, 0.3) is 11.8 Å². The molecule has 25 heavy (non-hydrogen) atoms. The fourth-order valence-electron chi connectivity index (χ4n) is 2.76. The first-order chi connectivity index (χ1) is 12.2. The Bertz CT molecular complexity index is 758. The van der Waals surface area contributed by atoms with Crippen molar-refractivity contribution in [1.29, 1.82) is 0 Å². The molecule has 0 aliphatic carbocycles. The first kappa shape index (κ1) is 17.0. The van der Waals surface area contributed by atoms with Gasteiger partial charge in [-0.05, 0) is 54.8 Å². The van der Waals surface area contributed by atoms with E-state index in [-0.39, 0.29) is 11.8 Å². The molecule has 0 aromatic heterocycles. The van der Waals surface area contributed by atoms with Crippen LogP contribution in [0.4, 0.5) is 5.69 Å². The third-order valence-corrected chi connectivity index (χ3v) is 4.13. The highest BCUT2D eigenvalue weighted by Gasteiger charge is 2.24. The topological polar surface area (TPSA) is 46.6 Å². The van der Waals surface area contributed by atoms with E-state index in [0.29, 0.717) is 11.4 Å². The maximum absolute atomic E-state index is 11.7. The van der Waals surface area contributed by atoms with Crippen LogP contribution in [0.5, 0.6) is 11.5 Å². The van der Waals surface area contributed by atoms with Gasteiger partial charge in [0, 0.05) is 12.2 Å². The number of benzene rings is 2. The molecule has 1 heterocycles. The maximum Gasteiger partial charge on any atom is 0.258 e. The van der Waals surface area contributed by atoms with E-state index in [1.165, 1.54) is 37.0 Å². The number of carbonyl (C=O) groups is 2. The van der Waals surface area contributed by atoms with Crippen LogP contribution in [-0.4, -0.2) is 11.8 Å². The average molecular weight is 335 g/mol. The summed E-state index contributed by atoms with van der Waals surface area (Å²) in [6.07, 6.45) is 7.32. The summed E-state index contributed by atoms with van der Waals surface area (Å²) in [6, 6.07) is 15.0. The summed E-state index contributed by atoms with van der Waals surface area (Å²) in [4.78, 5) is 24.5. The van der Waals surface area contributed by atoms with E-state index in [4.69, 9.17) is 4.74 Å². The van der Waals surface area contributed by atoms with Crippen LogP contribution in [0.1, 0.15) is 31.7 Å². The largest absolute Gasteiger partial charge is 0.457 e. The lowest BCUT2D eigenvalue weighted by atomic mass is 10.1. The molecule has 2 aromatic carbocycles. The Morgan fingerprint density at radius 2 is 1.36 bits per heavy atom. The zero-order valence-electron chi connectivity index (χ0n) is 14.3. The quantitative estimate of drug-likeness (QED) is 0.547. The highest BCUT2D eigenvalue weighted by molar-refractivity contribution is 6.28. The third kappa shape index (κ3) is 4.15. The lowest BCUT2D eigenvalue weighted by Crippen LogP contribution is -2.29. The molecule has 0 N–H and O–H groups in total. The van der Waals surface area contributed by atoms with E-state index in [1.807, 2.05) is 12.1 Å². The molecule has 4 nitrogen and oxygen atoms in total. The van der Waals surface area contributed by atoms with Crippen LogP contribution in [0.25, 0.3) is 0 Å². The Morgan fingerprint density at radius 3 is 1.92 bits per heavy atom. The second-order valence-corrected chi connectivity index (χ2v) is 6.04. The van der Waals surface area contributed by atoms with E-state index in [1.54, 1.807) is 24.3 Å². The van der Waals surface area contributed by atoms with Gasteiger partial charge in [0.15, 0.2) is 0 Å². The molecule has 0 unspecified atom stereocenters. The van der Waals surface area contributed by atoms with Crippen LogP contribution in [0.15, 0.2) is 60.7 Å². The van der Waals surface area contributed by atoms with Gasteiger partial charge in [-0.25, -0.2) is 4.90 Å². The summed E-state index contributed by atoms with van der Waals surface area (Å²) >= 11 is 0. The minimum atomic E-state index is -0.322. The SMILES string of the molecule is CCCCCc1ccc(Oc2ccc(N3C(=O)C=CC3=O)cc2)cc1. The number of rotatable bonds is 7. The van der Waals surface area contributed by atoms with Crippen molar-refractivity contribution < 1.29 is 14.3 Å². The molecule has 0 spiro atoms. The van der Waals surface area contributed by atoms with E-state index in [0.717, 1.165) is 17.1 Å². The number of anilines is 1. The lowest BCUT2D eigenvalue weighted by Gasteiger charge is -2.14. The van der Waals surface area contributed by atoms with Crippen LogP contribution in [-0.2, 0) is 16.0 Å². The molecule has 0 saturated carbocycles. The van der Waals surface area contributed by atoms with Gasteiger partial charge < -0.3 is 4.74 Å². The molecule has 1 aliphatic heterocycles. The number of carbonyl (C=O) groups excluding carboxylic acids is 2. The van der Waals surface area contributed by atoms with Crippen LogP contribution >= 0.6 is 0 Å². The summed E-state index contributed by atoms with van der Waals surface area (Å²) < 4.78 is 5.83. The number of aryl methyl sites for hydroxylation is 1. The Kier molecular flexibility index (Phi) is 5.29. The van der Waals surface area contributed by atoms with E-state index in [2.05, 4.69) is 19.1 Å². The first-order valence-corrected chi connectivity index (χ1v) is 8.60. The van der Waals surface area contributed by atoms with Crippen molar-refractivity contribution in [2.75, 3.05) is 4.90 Å².